The first-order valence-corrected chi connectivity index (χ1v) is 7.84. The Morgan fingerprint density at radius 3 is 2.19 bits per heavy atom. The summed E-state index contributed by atoms with van der Waals surface area (Å²) in [6.45, 7) is 13.3. The number of amides is 1. The largest absolute Gasteiger partial charge is 0.458 e. The van der Waals surface area contributed by atoms with Crippen molar-refractivity contribution in [1.29, 1.82) is 0 Å². The lowest BCUT2D eigenvalue weighted by Gasteiger charge is -2.38. The molecule has 1 amide bonds. The number of rotatable bonds is 5. The average molecular weight is 295 g/mol. The fourth-order valence-corrected chi connectivity index (χ4v) is 2.73. The first kappa shape index (κ1) is 17.7. The van der Waals surface area contributed by atoms with E-state index in [9.17, 15) is 9.59 Å². The maximum Gasteiger partial charge on any atom is 0.328 e. The topological polar surface area (TPSA) is 55.4 Å². The summed E-state index contributed by atoms with van der Waals surface area (Å²) < 4.78 is 5.67. The Morgan fingerprint density at radius 2 is 1.76 bits per heavy atom. The molecular formula is C17H29NO3. The van der Waals surface area contributed by atoms with Gasteiger partial charge in [-0.1, -0.05) is 20.4 Å². The summed E-state index contributed by atoms with van der Waals surface area (Å²) in [6.07, 6.45) is 3.97. The van der Waals surface area contributed by atoms with Crippen molar-refractivity contribution in [3.63, 3.8) is 0 Å². The van der Waals surface area contributed by atoms with Gasteiger partial charge in [0.05, 0.1) is 0 Å². The van der Waals surface area contributed by atoms with Gasteiger partial charge >= 0.3 is 5.97 Å². The summed E-state index contributed by atoms with van der Waals surface area (Å²) in [4.78, 5) is 23.7. The number of carbonyl (C=O) groups excluding carboxylic acids is 2. The van der Waals surface area contributed by atoms with Crippen LogP contribution in [0.3, 0.4) is 0 Å². The molecule has 0 aromatic rings. The van der Waals surface area contributed by atoms with Gasteiger partial charge in [0, 0.05) is 5.57 Å². The number of nitrogens with one attached hydrogen (secondary N) is 1. The van der Waals surface area contributed by atoms with E-state index in [4.69, 9.17) is 4.74 Å². The molecule has 4 nitrogen and oxygen atoms in total. The van der Waals surface area contributed by atoms with E-state index < -0.39 is 11.6 Å². The molecule has 1 fully saturated rings. The van der Waals surface area contributed by atoms with Crippen LogP contribution in [0.15, 0.2) is 12.2 Å². The minimum absolute atomic E-state index is 0.312. The molecule has 1 saturated carbocycles. The number of hydrogen-bond donors (Lipinski definition) is 1. The molecule has 4 heteroatoms. The van der Waals surface area contributed by atoms with E-state index in [2.05, 4.69) is 25.7 Å². The normalized spacial score (nSPS) is 27.0. The molecule has 1 unspecified atom stereocenters. The van der Waals surface area contributed by atoms with Gasteiger partial charge in [0.25, 0.3) is 0 Å². The third kappa shape index (κ3) is 5.18. The van der Waals surface area contributed by atoms with Gasteiger partial charge < -0.3 is 10.1 Å². The third-order valence-electron chi connectivity index (χ3n) is 4.47. The second kappa shape index (κ2) is 7.10. The second-order valence-corrected chi connectivity index (χ2v) is 6.93. The van der Waals surface area contributed by atoms with Crippen LogP contribution in [0, 0.1) is 11.8 Å². The zero-order chi connectivity index (χ0) is 16.2. The first-order valence-electron chi connectivity index (χ1n) is 7.84. The van der Waals surface area contributed by atoms with Crippen molar-refractivity contribution < 1.29 is 14.3 Å². The van der Waals surface area contributed by atoms with Crippen LogP contribution in [0.25, 0.3) is 0 Å². The molecule has 120 valence electrons. The molecule has 0 aromatic carbocycles. The van der Waals surface area contributed by atoms with Gasteiger partial charge in [-0.2, -0.15) is 0 Å². The Bertz CT molecular complexity index is 406. The lowest BCUT2D eigenvalue weighted by atomic mass is 9.75. The van der Waals surface area contributed by atoms with Crippen molar-refractivity contribution in [2.24, 2.45) is 11.8 Å². The number of hydrogen-bond acceptors (Lipinski definition) is 3. The van der Waals surface area contributed by atoms with E-state index in [1.54, 1.807) is 13.8 Å². The Labute approximate surface area is 128 Å². The fraction of sp³-hybridized carbons (Fsp3) is 0.765. The molecule has 0 aliphatic heterocycles. The first-order chi connectivity index (χ1) is 9.64. The standard InChI is InChI=1S/C17H29NO3/c1-11(2)14-7-9-17(6,10-8-14)21-16(20)13(5)18-15(19)12(3)4/h11,13-14H,3,7-10H2,1-2,4-6H3,(H,18,19). The smallest absolute Gasteiger partial charge is 0.328 e. The maximum atomic E-state index is 12.1. The van der Waals surface area contributed by atoms with E-state index in [1.807, 2.05) is 6.92 Å². The van der Waals surface area contributed by atoms with Crippen molar-refractivity contribution in [2.45, 2.75) is 71.9 Å². The van der Waals surface area contributed by atoms with Crippen molar-refractivity contribution in [2.75, 3.05) is 0 Å². The van der Waals surface area contributed by atoms with Gasteiger partial charge in [0.15, 0.2) is 0 Å². The van der Waals surface area contributed by atoms with Crippen LogP contribution in [-0.2, 0) is 14.3 Å². The van der Waals surface area contributed by atoms with Crippen LogP contribution < -0.4 is 5.32 Å². The molecule has 1 aliphatic rings. The molecular weight excluding hydrogens is 266 g/mol. The quantitative estimate of drug-likeness (QED) is 0.626. The van der Waals surface area contributed by atoms with Gasteiger partial charge in [-0.15, -0.1) is 0 Å². The lowest BCUT2D eigenvalue weighted by molar-refractivity contribution is -0.165. The molecule has 1 N–H and O–H groups in total. The fourth-order valence-electron chi connectivity index (χ4n) is 2.73. The molecule has 0 aromatic heterocycles. The van der Waals surface area contributed by atoms with E-state index in [0.29, 0.717) is 11.5 Å². The van der Waals surface area contributed by atoms with Crippen LogP contribution in [0.4, 0.5) is 0 Å². The van der Waals surface area contributed by atoms with Gasteiger partial charge in [0.2, 0.25) is 5.91 Å². The molecule has 1 atom stereocenters. The summed E-state index contributed by atoms with van der Waals surface area (Å²) >= 11 is 0. The summed E-state index contributed by atoms with van der Waals surface area (Å²) in [5.74, 6) is 0.722. The number of carbonyl (C=O) groups is 2. The zero-order valence-corrected chi connectivity index (χ0v) is 14.0. The minimum Gasteiger partial charge on any atom is -0.458 e. The molecule has 0 spiro atoms. The minimum atomic E-state index is -0.645. The summed E-state index contributed by atoms with van der Waals surface area (Å²) in [5, 5.41) is 2.60. The predicted octanol–water partition coefficient (Wildman–Crippen LogP) is 3.22. The van der Waals surface area contributed by atoms with Gasteiger partial charge in [0.1, 0.15) is 11.6 Å². The van der Waals surface area contributed by atoms with Crippen LogP contribution in [0.1, 0.15) is 60.3 Å². The van der Waals surface area contributed by atoms with E-state index in [0.717, 1.165) is 31.6 Å². The zero-order valence-electron chi connectivity index (χ0n) is 14.0. The van der Waals surface area contributed by atoms with Crippen LogP contribution in [0.2, 0.25) is 0 Å². The Morgan fingerprint density at radius 1 is 1.24 bits per heavy atom. The lowest BCUT2D eigenvalue weighted by Crippen LogP contribution is -2.45. The number of esters is 1. The van der Waals surface area contributed by atoms with Crippen molar-refractivity contribution in [1.82, 2.24) is 5.32 Å². The highest BCUT2D eigenvalue weighted by molar-refractivity contribution is 5.94. The molecule has 0 radical (unpaired) electrons. The van der Waals surface area contributed by atoms with Gasteiger partial charge in [-0.3, -0.25) is 4.79 Å². The van der Waals surface area contributed by atoms with Crippen molar-refractivity contribution in [3.05, 3.63) is 12.2 Å². The molecule has 1 aliphatic carbocycles. The Balaban J connectivity index is 2.50. The molecule has 0 saturated heterocycles. The van der Waals surface area contributed by atoms with Crippen LogP contribution in [0.5, 0.6) is 0 Å². The molecule has 0 bridgehead atoms. The average Bonchev–Trinajstić information content (AvgIpc) is 2.38. The van der Waals surface area contributed by atoms with E-state index in [1.165, 1.54) is 0 Å². The van der Waals surface area contributed by atoms with E-state index >= 15 is 0 Å². The van der Waals surface area contributed by atoms with Crippen molar-refractivity contribution in [3.8, 4) is 0 Å². The highest BCUT2D eigenvalue weighted by atomic mass is 16.6. The predicted molar refractivity (Wildman–Crippen MR) is 83.7 cm³/mol. The molecule has 1 rings (SSSR count). The monoisotopic (exact) mass is 295 g/mol. The Kier molecular flexibility index (Phi) is 5.99. The molecule has 0 heterocycles. The maximum absolute atomic E-state index is 12.1. The highest BCUT2D eigenvalue weighted by Gasteiger charge is 2.36. The summed E-state index contributed by atoms with van der Waals surface area (Å²) in [5.41, 5.74) is -0.0108. The van der Waals surface area contributed by atoms with Gasteiger partial charge in [-0.05, 0) is 58.3 Å². The number of ether oxygens (including phenoxy) is 1. The highest BCUT2D eigenvalue weighted by Crippen LogP contribution is 2.37. The SMILES string of the molecule is C=C(C)C(=O)NC(C)C(=O)OC1(C)CCC(C(C)C)CC1. The summed E-state index contributed by atoms with van der Waals surface area (Å²) in [7, 11) is 0. The van der Waals surface area contributed by atoms with Gasteiger partial charge in [-0.25, -0.2) is 4.79 Å². The van der Waals surface area contributed by atoms with E-state index in [-0.39, 0.29) is 11.9 Å². The summed E-state index contributed by atoms with van der Waals surface area (Å²) in [6, 6.07) is -0.645. The Hall–Kier alpha value is -1.32. The third-order valence-corrected chi connectivity index (χ3v) is 4.47. The van der Waals surface area contributed by atoms with Crippen molar-refractivity contribution >= 4 is 11.9 Å². The molecule has 21 heavy (non-hydrogen) atoms. The second-order valence-electron chi connectivity index (χ2n) is 6.93. The van der Waals surface area contributed by atoms with Crippen LogP contribution >= 0.6 is 0 Å². The van der Waals surface area contributed by atoms with Crippen LogP contribution in [-0.4, -0.2) is 23.5 Å².